The smallest absolute Gasteiger partial charge is 0.306 e. The van der Waals surface area contributed by atoms with E-state index in [0.29, 0.717) is 19.3 Å². The molecule has 0 aliphatic rings. The van der Waals surface area contributed by atoms with Gasteiger partial charge in [-0.15, -0.1) is 0 Å². The largest absolute Gasteiger partial charge is 0.462 e. The van der Waals surface area contributed by atoms with E-state index in [1.165, 1.54) is 225 Å². The molecular weight excluding hydrogens is 1010 g/mol. The fourth-order valence-corrected chi connectivity index (χ4v) is 10.6. The van der Waals surface area contributed by atoms with E-state index in [4.69, 9.17) is 14.2 Å². The fraction of sp³-hybridized carbons (Fsp3) is 0.803. The maximum atomic E-state index is 13.0. The van der Waals surface area contributed by atoms with Gasteiger partial charge in [0.25, 0.3) is 0 Å². The molecule has 0 aromatic carbocycles. The van der Waals surface area contributed by atoms with Crippen LogP contribution in [-0.4, -0.2) is 37.2 Å². The number of hydrogen-bond acceptors (Lipinski definition) is 6. The van der Waals surface area contributed by atoms with Gasteiger partial charge in [-0.05, 0) is 89.9 Å². The molecule has 476 valence electrons. The monoisotopic (exact) mass is 1150 g/mol. The molecule has 0 radical (unpaired) electrons. The lowest BCUT2D eigenvalue weighted by Gasteiger charge is -2.18. The minimum atomic E-state index is -0.788. The second-order valence-corrected chi connectivity index (χ2v) is 24.1. The van der Waals surface area contributed by atoms with Crippen LogP contribution in [0.3, 0.4) is 0 Å². The second-order valence-electron chi connectivity index (χ2n) is 24.1. The number of carbonyl (C=O) groups is 3. The van der Waals surface area contributed by atoms with Crippen LogP contribution in [-0.2, 0) is 28.6 Å². The van der Waals surface area contributed by atoms with Crippen LogP contribution in [0.4, 0.5) is 0 Å². The van der Waals surface area contributed by atoms with E-state index in [9.17, 15) is 14.4 Å². The third kappa shape index (κ3) is 67.6. The molecule has 0 amide bonds. The van der Waals surface area contributed by atoms with E-state index in [0.717, 1.165) is 109 Å². The molecule has 0 aliphatic heterocycles. The molecule has 0 aromatic rings. The zero-order valence-corrected chi connectivity index (χ0v) is 54.8. The van der Waals surface area contributed by atoms with E-state index < -0.39 is 6.10 Å². The van der Waals surface area contributed by atoms with Crippen molar-refractivity contribution in [3.63, 3.8) is 0 Å². The summed E-state index contributed by atoms with van der Waals surface area (Å²) in [4.78, 5) is 38.5. The Bertz CT molecular complexity index is 1500. The Morgan fingerprint density at radius 3 is 0.756 bits per heavy atom. The number of allylic oxidation sites excluding steroid dienone is 12. The third-order valence-corrected chi connectivity index (χ3v) is 15.9. The summed E-state index contributed by atoms with van der Waals surface area (Å²) >= 11 is 0. The van der Waals surface area contributed by atoms with Crippen LogP contribution < -0.4 is 0 Å². The lowest BCUT2D eigenvalue weighted by Crippen LogP contribution is -2.30. The molecule has 6 heteroatoms. The van der Waals surface area contributed by atoms with Crippen molar-refractivity contribution in [3.8, 4) is 0 Å². The first kappa shape index (κ1) is 78.8. The van der Waals surface area contributed by atoms with Crippen LogP contribution in [0.2, 0.25) is 0 Å². The molecule has 0 saturated heterocycles. The quantitative estimate of drug-likeness (QED) is 0.0261. The normalized spacial score (nSPS) is 12.5. The summed E-state index contributed by atoms with van der Waals surface area (Å²) in [5.74, 6) is -0.878. The molecule has 6 nitrogen and oxygen atoms in total. The van der Waals surface area contributed by atoms with Crippen molar-refractivity contribution in [2.45, 2.75) is 380 Å². The van der Waals surface area contributed by atoms with Crippen LogP contribution in [0.15, 0.2) is 72.9 Å². The molecule has 0 saturated carbocycles. The highest BCUT2D eigenvalue weighted by Gasteiger charge is 2.19. The Balaban J connectivity index is 4.38. The second kappa shape index (κ2) is 70.3. The Labute approximate surface area is 510 Å². The molecule has 0 bridgehead atoms. The van der Waals surface area contributed by atoms with Gasteiger partial charge in [0.05, 0.1) is 0 Å². The molecule has 82 heavy (non-hydrogen) atoms. The van der Waals surface area contributed by atoms with Gasteiger partial charge in [0.1, 0.15) is 13.2 Å². The first-order chi connectivity index (χ1) is 40.5. The minimum absolute atomic E-state index is 0.0803. The topological polar surface area (TPSA) is 78.9 Å². The van der Waals surface area contributed by atoms with Gasteiger partial charge in [0.2, 0.25) is 0 Å². The number of esters is 3. The first-order valence-corrected chi connectivity index (χ1v) is 35.9. The number of hydrogen-bond donors (Lipinski definition) is 0. The lowest BCUT2D eigenvalue weighted by atomic mass is 10.0. The summed E-state index contributed by atoms with van der Waals surface area (Å²) in [6, 6.07) is 0. The highest BCUT2D eigenvalue weighted by molar-refractivity contribution is 5.71. The minimum Gasteiger partial charge on any atom is -0.462 e. The first-order valence-electron chi connectivity index (χ1n) is 35.9. The van der Waals surface area contributed by atoms with E-state index in [1.807, 2.05) is 0 Å². The van der Waals surface area contributed by atoms with E-state index in [2.05, 4.69) is 93.7 Å². The number of ether oxygens (including phenoxy) is 3. The molecular formula is C76H136O6. The van der Waals surface area contributed by atoms with Crippen molar-refractivity contribution < 1.29 is 28.6 Å². The Morgan fingerprint density at radius 2 is 0.476 bits per heavy atom. The van der Waals surface area contributed by atoms with Gasteiger partial charge in [-0.2, -0.15) is 0 Å². The average molecular weight is 1150 g/mol. The Hall–Kier alpha value is -3.15. The van der Waals surface area contributed by atoms with Crippen LogP contribution in [0.25, 0.3) is 0 Å². The van der Waals surface area contributed by atoms with Crippen molar-refractivity contribution in [2.24, 2.45) is 0 Å². The maximum absolute atomic E-state index is 13.0. The standard InChI is InChI=1S/C76H136O6/c1-4-7-10-13-16-19-22-25-28-31-34-37-40-42-45-48-51-54-57-60-63-66-69-75(78)81-72-73(82-76(79)70-67-64-61-58-55-52-49-46-43-39-36-33-30-27-24-21-18-15-12-9-6-3)71-80-74(77)68-65-62-59-56-53-50-47-44-41-38-35-32-29-26-23-20-17-14-11-8-5-2/h9,12,18,21,27,30,32,35-36,39,46,49,73H,4-8,10-11,13-17,19-20,22-26,28-29,31,33-34,37-38,40-45,47-48,50-72H2,1-3H3/b12-9-,21-18-,30-27-,35-32-,39-36-,49-46-. The van der Waals surface area contributed by atoms with Gasteiger partial charge < -0.3 is 14.2 Å². The Morgan fingerprint density at radius 1 is 0.256 bits per heavy atom. The summed E-state index contributed by atoms with van der Waals surface area (Å²) in [5, 5.41) is 0. The van der Waals surface area contributed by atoms with E-state index in [1.54, 1.807) is 0 Å². The van der Waals surface area contributed by atoms with Gasteiger partial charge in [0, 0.05) is 19.3 Å². The third-order valence-electron chi connectivity index (χ3n) is 15.9. The van der Waals surface area contributed by atoms with Crippen molar-refractivity contribution >= 4 is 17.9 Å². The summed E-state index contributed by atoms with van der Waals surface area (Å²) in [7, 11) is 0. The number of carbonyl (C=O) groups excluding carboxylic acids is 3. The van der Waals surface area contributed by atoms with Gasteiger partial charge in [-0.25, -0.2) is 0 Å². The molecule has 0 spiro atoms. The highest BCUT2D eigenvalue weighted by Crippen LogP contribution is 2.18. The van der Waals surface area contributed by atoms with Crippen molar-refractivity contribution in [1.29, 1.82) is 0 Å². The van der Waals surface area contributed by atoms with E-state index in [-0.39, 0.29) is 31.1 Å². The summed E-state index contributed by atoms with van der Waals surface area (Å²) in [5.41, 5.74) is 0. The number of unbranched alkanes of at least 4 members (excludes halogenated alkanes) is 43. The predicted molar refractivity (Wildman–Crippen MR) is 358 cm³/mol. The van der Waals surface area contributed by atoms with Crippen molar-refractivity contribution in [1.82, 2.24) is 0 Å². The molecule has 0 fully saturated rings. The molecule has 0 heterocycles. The van der Waals surface area contributed by atoms with Crippen molar-refractivity contribution in [2.75, 3.05) is 13.2 Å². The SMILES string of the molecule is CC/C=C\C/C=C\C/C=C\C/C=C\C/C=C\CCCCCCCC(=O)OC(COC(=O)CCCCCCCCCCC/C=C\CCCCCCCCCC)COC(=O)CCCCCCCCCCCCCCCCCCCCCCCC. The molecule has 0 rings (SSSR count). The average Bonchev–Trinajstić information content (AvgIpc) is 3.47. The van der Waals surface area contributed by atoms with Gasteiger partial charge in [-0.1, -0.05) is 338 Å². The predicted octanol–water partition coefficient (Wildman–Crippen LogP) is 24.8. The zero-order chi connectivity index (χ0) is 59.2. The molecule has 0 N–H and O–H groups in total. The molecule has 0 aromatic heterocycles. The van der Waals surface area contributed by atoms with Crippen LogP contribution in [0.5, 0.6) is 0 Å². The molecule has 1 atom stereocenters. The fourth-order valence-electron chi connectivity index (χ4n) is 10.6. The molecule has 1 unspecified atom stereocenters. The Kier molecular flexibility index (Phi) is 67.6. The zero-order valence-electron chi connectivity index (χ0n) is 54.8. The number of rotatable bonds is 66. The molecule has 0 aliphatic carbocycles. The van der Waals surface area contributed by atoms with Gasteiger partial charge in [-0.3, -0.25) is 14.4 Å². The van der Waals surface area contributed by atoms with Gasteiger partial charge >= 0.3 is 17.9 Å². The van der Waals surface area contributed by atoms with Crippen LogP contribution in [0.1, 0.15) is 374 Å². The summed E-state index contributed by atoms with van der Waals surface area (Å²) < 4.78 is 17.0. The lowest BCUT2D eigenvalue weighted by molar-refractivity contribution is -0.167. The summed E-state index contributed by atoms with van der Waals surface area (Å²) in [6.07, 6.45) is 92.1. The van der Waals surface area contributed by atoms with Crippen LogP contribution >= 0.6 is 0 Å². The van der Waals surface area contributed by atoms with Crippen LogP contribution in [0, 0.1) is 0 Å². The summed E-state index contributed by atoms with van der Waals surface area (Å²) in [6.45, 7) is 6.58. The van der Waals surface area contributed by atoms with Crippen molar-refractivity contribution in [3.05, 3.63) is 72.9 Å². The maximum Gasteiger partial charge on any atom is 0.306 e. The van der Waals surface area contributed by atoms with Gasteiger partial charge in [0.15, 0.2) is 6.10 Å². The highest BCUT2D eigenvalue weighted by atomic mass is 16.6. The van der Waals surface area contributed by atoms with E-state index >= 15 is 0 Å².